The summed E-state index contributed by atoms with van der Waals surface area (Å²) in [4.78, 5) is 0. The number of hydrogen-bond donors (Lipinski definition) is 0. The van der Waals surface area contributed by atoms with Crippen LogP contribution < -0.4 is 0 Å². The van der Waals surface area contributed by atoms with E-state index in [9.17, 15) is 0 Å². The molecule has 0 radical (unpaired) electrons. The summed E-state index contributed by atoms with van der Waals surface area (Å²) in [5, 5.41) is 0. The van der Waals surface area contributed by atoms with Crippen molar-refractivity contribution in [2.75, 3.05) is 0 Å². The summed E-state index contributed by atoms with van der Waals surface area (Å²) in [6, 6.07) is 1.39. The second-order valence-corrected chi connectivity index (χ2v) is 2.12. The monoisotopic (exact) mass is 220 g/mol. The van der Waals surface area contributed by atoms with Gasteiger partial charge in [0.1, 0.15) is 0 Å². The zero-order valence-electron chi connectivity index (χ0n) is 3.52. The Morgan fingerprint density at radius 1 is 1.40 bits per heavy atom. The minimum Gasteiger partial charge on any atom is -0.114 e. The van der Waals surface area contributed by atoms with Crippen molar-refractivity contribution in [3.05, 3.63) is 0 Å². The van der Waals surface area contributed by atoms with Crippen LogP contribution >= 0.6 is 34.0 Å². The first kappa shape index (κ1) is 16.4. The van der Waals surface area contributed by atoms with E-state index < -0.39 is 0 Å². The van der Waals surface area contributed by atoms with Crippen molar-refractivity contribution in [1.29, 1.82) is 0 Å². The highest BCUT2D eigenvalue weighted by Gasteiger charge is 1.36. The Labute approximate surface area is 57.3 Å². The van der Waals surface area contributed by atoms with Gasteiger partial charge in [0.25, 0.3) is 0 Å². The van der Waals surface area contributed by atoms with E-state index in [0.717, 1.165) is 0 Å². The second kappa shape index (κ2) is 19.1. The molecule has 0 nitrogen and oxygen atoms in total. The Bertz CT molecular complexity index is 7.61. The molecule has 3 heteroatoms. The maximum Gasteiger partial charge on any atom is 0.00244 e. The molecular weight excluding hydrogens is 212 g/mol. The fraction of sp³-hybridized carbons (Fsp3) is 1.00. The van der Waals surface area contributed by atoms with Crippen molar-refractivity contribution in [1.82, 2.24) is 0 Å². The molecule has 0 aromatic rings. The molecule has 0 saturated carbocycles. The summed E-state index contributed by atoms with van der Waals surface area (Å²) in [5.74, 6) is 0. The molecule has 0 aromatic carbocycles. The lowest BCUT2D eigenvalue weighted by Gasteiger charge is -1.47. The maximum absolute atomic E-state index is 2.19. The summed E-state index contributed by atoms with van der Waals surface area (Å²) in [6.07, 6.45) is 0. The van der Waals surface area contributed by atoms with Gasteiger partial charge in [-0.15, -0.1) is 34.0 Å². The quantitative estimate of drug-likeness (QED) is 0.535. The van der Waals surface area contributed by atoms with Crippen LogP contribution in [-0.4, -0.2) is 10.2 Å². The van der Waals surface area contributed by atoms with E-state index in [0.29, 0.717) is 0 Å². The smallest absolute Gasteiger partial charge is 0.00244 e. The van der Waals surface area contributed by atoms with Crippen LogP contribution in [0.2, 0.25) is 6.04 Å². The van der Waals surface area contributed by atoms with Gasteiger partial charge in [-0.3, -0.25) is 0 Å². The molecular formula is C2H10Br2Si. The average molecular weight is 222 g/mol. The molecule has 36 valence electrons. The fourth-order valence-electron chi connectivity index (χ4n) is 0. The van der Waals surface area contributed by atoms with Crippen molar-refractivity contribution >= 4 is 44.2 Å². The van der Waals surface area contributed by atoms with Gasteiger partial charge >= 0.3 is 0 Å². The molecule has 0 amide bonds. The van der Waals surface area contributed by atoms with Gasteiger partial charge in [0.2, 0.25) is 0 Å². The Morgan fingerprint density at radius 2 is 1.40 bits per heavy atom. The summed E-state index contributed by atoms with van der Waals surface area (Å²) in [5.41, 5.74) is 0. The van der Waals surface area contributed by atoms with Crippen molar-refractivity contribution in [3.8, 4) is 0 Å². The van der Waals surface area contributed by atoms with E-state index in [1.165, 1.54) is 16.3 Å². The molecule has 0 aliphatic carbocycles. The zero-order valence-corrected chi connectivity index (χ0v) is 8.95. The van der Waals surface area contributed by atoms with Gasteiger partial charge in [-0.25, -0.2) is 0 Å². The average Bonchev–Trinajstić information content (AvgIpc) is 0.918. The van der Waals surface area contributed by atoms with E-state index >= 15 is 0 Å². The number of rotatable bonds is 0. The van der Waals surface area contributed by atoms with Crippen LogP contribution in [-0.2, 0) is 0 Å². The first-order valence-corrected chi connectivity index (χ1v) is 2.83. The SMILES string of the molecule is Br.Br.CC[SiH3]. The number of halogens is 2. The molecule has 5 heavy (non-hydrogen) atoms. The highest BCUT2D eigenvalue weighted by atomic mass is 79.9. The fourth-order valence-corrected chi connectivity index (χ4v) is 0. The highest BCUT2D eigenvalue weighted by molar-refractivity contribution is 8.93. The van der Waals surface area contributed by atoms with Gasteiger partial charge in [-0.1, -0.05) is 13.0 Å². The van der Waals surface area contributed by atoms with E-state index in [1.54, 1.807) is 0 Å². The van der Waals surface area contributed by atoms with Gasteiger partial charge in [-0.05, 0) is 0 Å². The van der Waals surface area contributed by atoms with Crippen LogP contribution in [0, 0.1) is 0 Å². The van der Waals surface area contributed by atoms with Gasteiger partial charge in [0.15, 0.2) is 0 Å². The van der Waals surface area contributed by atoms with Gasteiger partial charge in [-0.2, -0.15) is 0 Å². The van der Waals surface area contributed by atoms with Gasteiger partial charge in [0, 0.05) is 10.2 Å². The van der Waals surface area contributed by atoms with Crippen LogP contribution in [0.4, 0.5) is 0 Å². The van der Waals surface area contributed by atoms with Crippen molar-refractivity contribution in [2.45, 2.75) is 13.0 Å². The van der Waals surface area contributed by atoms with Crippen molar-refractivity contribution in [2.24, 2.45) is 0 Å². The van der Waals surface area contributed by atoms with Gasteiger partial charge < -0.3 is 0 Å². The summed E-state index contributed by atoms with van der Waals surface area (Å²) in [7, 11) is 1.37. The summed E-state index contributed by atoms with van der Waals surface area (Å²) >= 11 is 0. The standard InChI is InChI=1S/C2H8Si.2BrH/c1-2-3;;/h2H2,1,3H3;2*1H. The first-order valence-electron chi connectivity index (χ1n) is 1.41. The molecule has 0 aliphatic heterocycles. The van der Waals surface area contributed by atoms with Crippen molar-refractivity contribution < 1.29 is 0 Å². The molecule has 0 aliphatic rings. The van der Waals surface area contributed by atoms with E-state index in [2.05, 4.69) is 6.92 Å². The molecule has 0 rings (SSSR count). The molecule has 0 heterocycles. The lowest BCUT2D eigenvalue weighted by Crippen LogP contribution is -1.41. The third-order valence-electron chi connectivity index (χ3n) is 0. The van der Waals surface area contributed by atoms with Crippen molar-refractivity contribution in [3.63, 3.8) is 0 Å². The van der Waals surface area contributed by atoms with Gasteiger partial charge in [0.05, 0.1) is 0 Å². The lowest BCUT2D eigenvalue weighted by molar-refractivity contribution is 1.48. The molecule has 0 spiro atoms. The van der Waals surface area contributed by atoms with E-state index in [1.807, 2.05) is 0 Å². The van der Waals surface area contributed by atoms with Crippen LogP contribution in [0.1, 0.15) is 6.92 Å². The number of hydrogen-bond acceptors (Lipinski definition) is 0. The largest absolute Gasteiger partial charge is 0.114 e. The summed E-state index contributed by atoms with van der Waals surface area (Å²) < 4.78 is 0. The van der Waals surface area contributed by atoms with Crippen LogP contribution in [0.15, 0.2) is 0 Å². The Kier molecular flexibility index (Phi) is 62.5. The normalized spacial score (nSPS) is 4.20. The Balaban J connectivity index is -0.0000000200. The van der Waals surface area contributed by atoms with Crippen LogP contribution in [0.3, 0.4) is 0 Å². The molecule has 0 aromatic heterocycles. The molecule has 0 N–H and O–H groups in total. The predicted molar refractivity (Wildman–Crippen MR) is 41.1 cm³/mol. The van der Waals surface area contributed by atoms with Crippen LogP contribution in [0.25, 0.3) is 0 Å². The second-order valence-electron chi connectivity index (χ2n) is 0.707. The molecule has 0 bridgehead atoms. The summed E-state index contributed by atoms with van der Waals surface area (Å²) in [6.45, 7) is 2.19. The van der Waals surface area contributed by atoms with E-state index in [-0.39, 0.29) is 34.0 Å². The van der Waals surface area contributed by atoms with Crippen LogP contribution in [0.5, 0.6) is 0 Å². The molecule has 0 saturated heterocycles. The lowest BCUT2D eigenvalue weighted by atomic mass is 11.0. The van der Waals surface area contributed by atoms with E-state index in [4.69, 9.17) is 0 Å². The minimum absolute atomic E-state index is 0. The minimum atomic E-state index is 0. The molecule has 0 unspecified atom stereocenters. The molecule has 0 atom stereocenters. The Hall–Kier alpha value is 1.18. The molecule has 0 fully saturated rings. The predicted octanol–water partition coefficient (Wildman–Crippen LogP) is 0.946. The first-order chi connectivity index (χ1) is 1.41. The highest BCUT2D eigenvalue weighted by Crippen LogP contribution is 1.49. The maximum atomic E-state index is 2.19. The topological polar surface area (TPSA) is 0 Å². The Morgan fingerprint density at radius 3 is 1.40 bits per heavy atom. The third-order valence-corrected chi connectivity index (χ3v) is 0. The third kappa shape index (κ3) is 37.7. The zero-order chi connectivity index (χ0) is 2.71.